The van der Waals surface area contributed by atoms with Crippen molar-refractivity contribution in [3.8, 4) is 10.6 Å². The summed E-state index contributed by atoms with van der Waals surface area (Å²) in [5.41, 5.74) is 1.61. The summed E-state index contributed by atoms with van der Waals surface area (Å²) in [6.45, 7) is 2.16. The maximum atomic E-state index is 12.7. The van der Waals surface area contributed by atoms with Crippen molar-refractivity contribution in [2.24, 2.45) is 0 Å². The highest BCUT2D eigenvalue weighted by molar-refractivity contribution is 7.89. The maximum Gasteiger partial charge on any atom is 0.340 e. The summed E-state index contributed by atoms with van der Waals surface area (Å²) in [6, 6.07) is 15.5. The van der Waals surface area contributed by atoms with Gasteiger partial charge in [0.2, 0.25) is 10.0 Å². The highest BCUT2D eigenvalue weighted by Gasteiger charge is 2.30. The van der Waals surface area contributed by atoms with Gasteiger partial charge in [-0.2, -0.15) is 4.31 Å². The molecule has 1 saturated heterocycles. The van der Waals surface area contributed by atoms with Crippen molar-refractivity contribution in [2.75, 3.05) is 32.8 Å². The smallest absolute Gasteiger partial charge is 0.340 e. The van der Waals surface area contributed by atoms with Crippen LogP contribution in [0.25, 0.3) is 10.6 Å². The van der Waals surface area contributed by atoms with E-state index in [1.54, 1.807) is 60.7 Å². The molecule has 0 radical (unpaired) electrons. The lowest BCUT2D eigenvalue weighted by Crippen LogP contribution is -2.51. The predicted molar refractivity (Wildman–Crippen MR) is 124 cm³/mol. The average Bonchev–Trinajstić information content (AvgIpc) is 3.38. The van der Waals surface area contributed by atoms with Crippen molar-refractivity contribution in [1.82, 2.24) is 14.2 Å². The third-order valence-electron chi connectivity index (χ3n) is 5.38. The van der Waals surface area contributed by atoms with Gasteiger partial charge in [0, 0.05) is 26.2 Å². The summed E-state index contributed by atoms with van der Waals surface area (Å²) in [4.78, 5) is 32.2. The Bertz CT molecular complexity index is 1240. The van der Waals surface area contributed by atoms with Crippen molar-refractivity contribution >= 4 is 33.2 Å². The van der Waals surface area contributed by atoms with E-state index in [4.69, 9.17) is 4.74 Å². The number of nitrogens with zero attached hydrogens (tertiary/aromatic N) is 3. The molecule has 1 aliphatic heterocycles. The van der Waals surface area contributed by atoms with Gasteiger partial charge in [0.1, 0.15) is 0 Å². The predicted octanol–water partition coefficient (Wildman–Crippen LogP) is 2.81. The number of aromatic nitrogens is 1. The van der Waals surface area contributed by atoms with E-state index in [1.807, 2.05) is 17.5 Å². The average molecular weight is 486 g/mol. The number of hydrogen-bond donors (Lipinski definition) is 0. The molecule has 33 heavy (non-hydrogen) atoms. The Balaban J connectivity index is 1.30. The number of sulfonamides is 1. The lowest BCUT2D eigenvalue weighted by Gasteiger charge is -2.33. The summed E-state index contributed by atoms with van der Waals surface area (Å²) in [5.74, 6) is -0.975. The normalized spacial score (nSPS) is 14.8. The highest BCUT2D eigenvalue weighted by atomic mass is 32.2. The number of benzene rings is 1. The first-order valence-corrected chi connectivity index (χ1v) is 12.7. The van der Waals surface area contributed by atoms with Crippen molar-refractivity contribution in [3.05, 3.63) is 71.2 Å². The Kier molecular flexibility index (Phi) is 6.87. The van der Waals surface area contributed by atoms with Crippen LogP contribution in [0.1, 0.15) is 16.1 Å². The molecule has 8 nitrogen and oxygen atoms in total. The summed E-state index contributed by atoms with van der Waals surface area (Å²) < 4.78 is 32.0. The number of hydrogen-bond acceptors (Lipinski definition) is 7. The SMILES string of the molecule is Cc1nc(-c2cccs2)ccc1C(=O)OCC(=O)N1CCN(S(=O)(=O)c2ccccc2)CC1. The number of aryl methyl sites for hydroxylation is 1. The molecule has 0 unspecified atom stereocenters. The van der Waals surface area contributed by atoms with E-state index in [0.29, 0.717) is 11.3 Å². The summed E-state index contributed by atoms with van der Waals surface area (Å²) in [5, 5.41) is 1.96. The number of carbonyl (C=O) groups excluding carboxylic acids is 2. The second kappa shape index (κ2) is 9.82. The molecule has 172 valence electrons. The Morgan fingerprint density at radius 2 is 1.73 bits per heavy atom. The zero-order valence-electron chi connectivity index (χ0n) is 18.0. The summed E-state index contributed by atoms with van der Waals surface area (Å²) in [6.07, 6.45) is 0. The zero-order chi connectivity index (χ0) is 23.4. The fourth-order valence-electron chi connectivity index (χ4n) is 3.55. The van der Waals surface area contributed by atoms with Crippen molar-refractivity contribution in [1.29, 1.82) is 0 Å². The molecule has 1 fully saturated rings. The quantitative estimate of drug-likeness (QED) is 0.498. The molecule has 1 amide bonds. The van der Waals surface area contributed by atoms with Crippen LogP contribution in [-0.4, -0.2) is 67.3 Å². The molecule has 2 aromatic heterocycles. The van der Waals surface area contributed by atoms with E-state index in [2.05, 4.69) is 4.98 Å². The van der Waals surface area contributed by atoms with Crippen LogP contribution in [0.3, 0.4) is 0 Å². The number of piperazine rings is 1. The summed E-state index contributed by atoms with van der Waals surface area (Å²) in [7, 11) is -3.59. The molecule has 0 N–H and O–H groups in total. The van der Waals surface area contributed by atoms with Crippen LogP contribution in [0.4, 0.5) is 0 Å². The fraction of sp³-hybridized carbons (Fsp3) is 0.261. The van der Waals surface area contributed by atoms with Gasteiger partial charge < -0.3 is 9.64 Å². The van der Waals surface area contributed by atoms with Gasteiger partial charge >= 0.3 is 5.97 Å². The molecule has 3 heterocycles. The molecule has 0 saturated carbocycles. The van der Waals surface area contributed by atoms with Gasteiger partial charge in [0.05, 0.1) is 26.7 Å². The van der Waals surface area contributed by atoms with E-state index in [0.717, 1.165) is 10.6 Å². The lowest BCUT2D eigenvalue weighted by atomic mass is 10.2. The molecule has 1 aliphatic rings. The molecule has 10 heteroatoms. The fourth-order valence-corrected chi connectivity index (χ4v) is 5.69. The van der Waals surface area contributed by atoms with Gasteiger partial charge in [-0.25, -0.2) is 13.2 Å². The number of amides is 1. The van der Waals surface area contributed by atoms with E-state index in [1.165, 1.54) is 9.21 Å². The monoisotopic (exact) mass is 485 g/mol. The number of thiophene rings is 1. The minimum absolute atomic E-state index is 0.185. The van der Waals surface area contributed by atoms with Gasteiger partial charge in [-0.15, -0.1) is 11.3 Å². The van der Waals surface area contributed by atoms with Crippen LogP contribution < -0.4 is 0 Å². The number of ether oxygens (including phenoxy) is 1. The third kappa shape index (κ3) is 5.13. The van der Waals surface area contributed by atoms with Crippen LogP contribution in [0, 0.1) is 6.92 Å². The number of pyridine rings is 1. The number of carbonyl (C=O) groups is 2. The highest BCUT2D eigenvalue weighted by Crippen LogP contribution is 2.24. The van der Waals surface area contributed by atoms with Gasteiger partial charge in [-0.3, -0.25) is 9.78 Å². The first kappa shape index (κ1) is 23.1. The molecule has 1 aromatic carbocycles. The Labute approximate surface area is 196 Å². The Morgan fingerprint density at radius 1 is 1.00 bits per heavy atom. The van der Waals surface area contributed by atoms with Gasteiger partial charge in [-0.05, 0) is 42.6 Å². The van der Waals surface area contributed by atoms with Crippen LogP contribution in [0.5, 0.6) is 0 Å². The maximum absolute atomic E-state index is 12.7. The standard InChI is InChI=1S/C23H23N3O5S2/c1-17-19(9-10-20(24-17)21-8-5-15-32-21)23(28)31-16-22(27)25-11-13-26(14-12-25)33(29,30)18-6-3-2-4-7-18/h2-10,15H,11-14,16H2,1H3. The van der Waals surface area contributed by atoms with Crippen LogP contribution in [0.15, 0.2) is 64.9 Å². The van der Waals surface area contributed by atoms with E-state index in [9.17, 15) is 18.0 Å². The van der Waals surface area contributed by atoms with Gasteiger partial charge in [-0.1, -0.05) is 24.3 Å². The molecule has 0 atom stereocenters. The molecule has 0 bridgehead atoms. The largest absolute Gasteiger partial charge is 0.452 e. The molecular formula is C23H23N3O5S2. The molecule has 3 aromatic rings. The third-order valence-corrected chi connectivity index (χ3v) is 8.18. The molecule has 4 rings (SSSR count). The van der Waals surface area contributed by atoms with E-state index in [-0.39, 0.29) is 37.0 Å². The van der Waals surface area contributed by atoms with E-state index < -0.39 is 22.6 Å². The van der Waals surface area contributed by atoms with Crippen LogP contribution in [0.2, 0.25) is 0 Å². The van der Waals surface area contributed by atoms with Crippen molar-refractivity contribution in [3.63, 3.8) is 0 Å². The second-order valence-corrected chi connectivity index (χ2v) is 10.4. The Morgan fingerprint density at radius 3 is 2.36 bits per heavy atom. The van der Waals surface area contributed by atoms with Crippen molar-refractivity contribution < 1.29 is 22.7 Å². The lowest BCUT2D eigenvalue weighted by molar-refractivity contribution is -0.135. The molecule has 0 spiro atoms. The van der Waals surface area contributed by atoms with Crippen molar-refractivity contribution in [2.45, 2.75) is 11.8 Å². The molecular weight excluding hydrogens is 462 g/mol. The first-order chi connectivity index (χ1) is 15.9. The van der Waals surface area contributed by atoms with Gasteiger partial charge in [0.15, 0.2) is 6.61 Å². The van der Waals surface area contributed by atoms with Crippen LogP contribution in [-0.2, 0) is 19.6 Å². The number of rotatable bonds is 6. The minimum Gasteiger partial charge on any atom is -0.452 e. The van der Waals surface area contributed by atoms with E-state index >= 15 is 0 Å². The topological polar surface area (TPSA) is 96.9 Å². The zero-order valence-corrected chi connectivity index (χ0v) is 19.6. The Hall–Kier alpha value is -3.08. The second-order valence-electron chi connectivity index (χ2n) is 7.48. The van der Waals surface area contributed by atoms with Crippen LogP contribution >= 0.6 is 11.3 Å². The molecule has 0 aliphatic carbocycles. The number of esters is 1. The summed E-state index contributed by atoms with van der Waals surface area (Å²) >= 11 is 1.56. The first-order valence-electron chi connectivity index (χ1n) is 10.4. The minimum atomic E-state index is -3.59. The van der Waals surface area contributed by atoms with Gasteiger partial charge in [0.25, 0.3) is 5.91 Å².